The summed E-state index contributed by atoms with van der Waals surface area (Å²) in [6.45, 7) is 9.62. The summed E-state index contributed by atoms with van der Waals surface area (Å²) < 4.78 is 8.62. The minimum atomic E-state index is -0.576. The average molecular weight is 517 g/mol. The number of carbonyl (C=O) groups excluding carboxylic acids is 1. The van der Waals surface area contributed by atoms with E-state index in [-0.39, 0.29) is 45.8 Å². The first-order valence-electron chi connectivity index (χ1n) is 11.9. The van der Waals surface area contributed by atoms with Gasteiger partial charge in [0.15, 0.2) is 5.49 Å². The maximum absolute atomic E-state index is 13.2. The molecule has 1 amide bonds. The highest BCUT2D eigenvalue weighted by Gasteiger charge is 2.15. The molecule has 0 saturated carbocycles. The van der Waals surface area contributed by atoms with Gasteiger partial charge < -0.3 is 9.30 Å². The van der Waals surface area contributed by atoms with Crippen LogP contribution in [0, 0.1) is 21.4 Å². The highest BCUT2D eigenvalue weighted by molar-refractivity contribution is 5.80. The van der Waals surface area contributed by atoms with Crippen molar-refractivity contribution in [1.82, 2.24) is 14.0 Å². The normalized spacial score (nSPS) is 12.5. The van der Waals surface area contributed by atoms with Crippen LogP contribution in [0.1, 0.15) is 39.2 Å². The largest absolute Gasteiger partial charge is 0.379 e. The highest BCUT2D eigenvalue weighted by Crippen LogP contribution is 2.11. The number of rotatable bonds is 10. The Kier molecular flexibility index (Phi) is 9.18. The van der Waals surface area contributed by atoms with Crippen LogP contribution in [0.4, 0.5) is 0 Å². The molecule has 3 aromatic heterocycles. The van der Waals surface area contributed by atoms with Crippen molar-refractivity contribution in [2.75, 3.05) is 6.61 Å². The van der Waals surface area contributed by atoms with Crippen LogP contribution >= 0.6 is 0 Å². The van der Waals surface area contributed by atoms with Crippen molar-refractivity contribution in [3.8, 4) is 6.07 Å². The fourth-order valence-corrected chi connectivity index (χ4v) is 3.68. The van der Waals surface area contributed by atoms with E-state index in [1.54, 1.807) is 29.0 Å². The molecule has 38 heavy (non-hydrogen) atoms. The third-order valence-corrected chi connectivity index (χ3v) is 5.43. The number of ether oxygens (including phenoxy) is 1. The summed E-state index contributed by atoms with van der Waals surface area (Å²) in [6, 6.07) is 8.59. The molecule has 3 aromatic rings. The zero-order valence-electron chi connectivity index (χ0n) is 21.5. The van der Waals surface area contributed by atoms with Gasteiger partial charge in [0.25, 0.3) is 17.2 Å². The number of nitro groups is 1. The van der Waals surface area contributed by atoms with Crippen molar-refractivity contribution in [3.05, 3.63) is 98.1 Å². The molecular formula is C27H28N6O5. The molecule has 0 atom stereocenters. The lowest BCUT2D eigenvalue weighted by atomic mass is 10.2. The van der Waals surface area contributed by atoms with Crippen molar-refractivity contribution in [3.63, 3.8) is 0 Å². The van der Waals surface area contributed by atoms with Gasteiger partial charge in [-0.1, -0.05) is 24.8 Å². The van der Waals surface area contributed by atoms with Crippen molar-refractivity contribution in [1.29, 1.82) is 5.26 Å². The molecule has 11 nitrogen and oxygen atoms in total. The number of hydrogen-bond donors (Lipinski definition) is 0. The van der Waals surface area contributed by atoms with E-state index < -0.39 is 10.8 Å². The Labute approximate surface area is 218 Å². The van der Waals surface area contributed by atoms with Gasteiger partial charge in [-0.15, -0.1) is 0 Å². The van der Waals surface area contributed by atoms with Crippen LogP contribution in [0.15, 0.2) is 76.3 Å². The van der Waals surface area contributed by atoms with Gasteiger partial charge in [-0.2, -0.15) is 10.3 Å². The van der Waals surface area contributed by atoms with Gasteiger partial charge in [0.2, 0.25) is 0 Å². The van der Waals surface area contributed by atoms with E-state index in [0.717, 1.165) is 0 Å². The number of amides is 1. The van der Waals surface area contributed by atoms with Crippen molar-refractivity contribution < 1.29 is 14.5 Å². The number of fused-ring (bicyclic) bond motifs is 2. The molecule has 0 aromatic carbocycles. The molecule has 0 radical (unpaired) electrons. The second-order valence-corrected chi connectivity index (χ2v) is 8.73. The molecule has 0 unspecified atom stereocenters. The molecule has 0 fully saturated rings. The number of pyridine rings is 2. The first kappa shape index (κ1) is 27.9. The van der Waals surface area contributed by atoms with Crippen LogP contribution in [-0.2, 0) is 16.1 Å². The van der Waals surface area contributed by atoms with Gasteiger partial charge in [-0.3, -0.25) is 24.1 Å². The Morgan fingerprint density at radius 1 is 1.39 bits per heavy atom. The van der Waals surface area contributed by atoms with Crippen LogP contribution in [0.5, 0.6) is 0 Å². The van der Waals surface area contributed by atoms with E-state index >= 15 is 0 Å². The van der Waals surface area contributed by atoms with E-state index in [1.807, 2.05) is 19.9 Å². The smallest absolute Gasteiger partial charge is 0.271 e. The van der Waals surface area contributed by atoms with E-state index in [4.69, 9.17) is 4.74 Å². The van der Waals surface area contributed by atoms with Crippen LogP contribution in [-0.4, -0.2) is 37.5 Å². The Morgan fingerprint density at radius 2 is 2.16 bits per heavy atom. The Hall–Kier alpha value is -4.69. The fourth-order valence-electron chi connectivity index (χ4n) is 3.68. The molecule has 0 aliphatic heterocycles. The zero-order chi connectivity index (χ0) is 27.8. The van der Waals surface area contributed by atoms with Gasteiger partial charge in [0.1, 0.15) is 17.4 Å². The topological polar surface area (TPSA) is 145 Å². The number of allylic oxidation sites excluding steroid dienone is 3. The molecule has 3 heterocycles. The van der Waals surface area contributed by atoms with Gasteiger partial charge in [-0.25, -0.2) is 4.98 Å². The quantitative estimate of drug-likeness (QED) is 0.132. The number of aryl methyl sites for hydroxylation is 1. The van der Waals surface area contributed by atoms with E-state index in [2.05, 4.69) is 16.6 Å². The number of nitriles is 1. The molecule has 0 bridgehead atoms. The second kappa shape index (κ2) is 12.5. The van der Waals surface area contributed by atoms with Crippen molar-refractivity contribution >= 4 is 22.6 Å². The summed E-state index contributed by atoms with van der Waals surface area (Å²) in [6.07, 6.45) is 6.06. The predicted octanol–water partition coefficient (Wildman–Crippen LogP) is 3.45. The molecule has 0 N–H and O–H groups in total. The first-order valence-corrected chi connectivity index (χ1v) is 11.9. The van der Waals surface area contributed by atoms with Crippen LogP contribution in [0.25, 0.3) is 16.7 Å². The Bertz CT molecular complexity index is 1620. The van der Waals surface area contributed by atoms with E-state index in [1.165, 1.54) is 35.6 Å². The molecule has 196 valence electrons. The molecular weight excluding hydrogens is 488 g/mol. The average Bonchev–Trinajstić information content (AvgIpc) is 2.86. The van der Waals surface area contributed by atoms with Crippen molar-refractivity contribution in [2.45, 2.75) is 46.3 Å². The highest BCUT2D eigenvalue weighted by atomic mass is 16.6. The minimum absolute atomic E-state index is 0.0289. The number of hydrogen-bond acceptors (Lipinski definition) is 7. The van der Waals surface area contributed by atoms with Gasteiger partial charge in [-0.05, 0) is 45.4 Å². The molecule has 0 aliphatic carbocycles. The van der Waals surface area contributed by atoms with Gasteiger partial charge >= 0.3 is 0 Å². The molecule has 0 spiro atoms. The maximum Gasteiger partial charge on any atom is 0.271 e. The molecule has 0 saturated heterocycles. The summed E-state index contributed by atoms with van der Waals surface area (Å²) in [4.78, 5) is 45.3. The van der Waals surface area contributed by atoms with E-state index in [9.17, 15) is 25.0 Å². The Balaban J connectivity index is 2.12. The summed E-state index contributed by atoms with van der Waals surface area (Å²) in [5, 5.41) is 21.1. The summed E-state index contributed by atoms with van der Waals surface area (Å²) >= 11 is 0. The van der Waals surface area contributed by atoms with Gasteiger partial charge in [0.05, 0.1) is 22.0 Å². The molecule has 3 rings (SSSR count). The van der Waals surface area contributed by atoms with Crippen LogP contribution < -0.4 is 11.0 Å². The predicted molar refractivity (Wildman–Crippen MR) is 142 cm³/mol. The molecule has 11 heteroatoms. The lowest BCUT2D eigenvalue weighted by Gasteiger charge is -2.14. The lowest BCUT2D eigenvalue weighted by molar-refractivity contribution is -0.420. The number of carbonyl (C=O) groups is 1. The lowest BCUT2D eigenvalue weighted by Crippen LogP contribution is -2.30. The second-order valence-electron chi connectivity index (χ2n) is 8.73. The first-order chi connectivity index (χ1) is 18.1. The maximum atomic E-state index is 13.2. The number of nitrogens with zero attached hydrogens (tertiary/aromatic N) is 6. The SMILES string of the molecule is C=C(C)/C(=C\C=C\CC(=O)N=c1c(C#N)cc2c(=O)n3ccccc3nc2n1CCCOC(C)C)[N+](=O)[O-]. The van der Waals surface area contributed by atoms with Gasteiger partial charge in [0, 0.05) is 37.4 Å². The van der Waals surface area contributed by atoms with Crippen LogP contribution in [0.3, 0.4) is 0 Å². The minimum Gasteiger partial charge on any atom is -0.379 e. The number of aromatic nitrogens is 3. The summed E-state index contributed by atoms with van der Waals surface area (Å²) in [5.41, 5.74) is 0.605. The third kappa shape index (κ3) is 6.54. The standard InChI is InChI=1S/C27H28N6O5/c1-18(2)22(33(36)37)10-5-6-12-24(34)30-25-20(17-28)16-21-26(32(25)14-9-15-38-19(3)4)29-23-11-7-8-13-31(23)27(21)35/h5-8,10-11,13,16,19H,1,9,12,14-15H2,2-4H3/b6-5+,22-10+,30-25?. The fraction of sp³-hybridized carbons (Fsp3) is 0.296. The van der Waals surface area contributed by atoms with Crippen LogP contribution in [0.2, 0.25) is 0 Å². The summed E-state index contributed by atoms with van der Waals surface area (Å²) in [5.74, 6) is -0.576. The zero-order valence-corrected chi connectivity index (χ0v) is 21.5. The third-order valence-electron chi connectivity index (χ3n) is 5.43. The molecule has 0 aliphatic rings. The van der Waals surface area contributed by atoms with Crippen molar-refractivity contribution in [2.24, 2.45) is 4.99 Å². The monoisotopic (exact) mass is 516 g/mol. The Morgan fingerprint density at radius 3 is 2.82 bits per heavy atom. The van der Waals surface area contributed by atoms with E-state index in [0.29, 0.717) is 30.9 Å². The summed E-state index contributed by atoms with van der Waals surface area (Å²) in [7, 11) is 0.